The van der Waals surface area contributed by atoms with Crippen molar-refractivity contribution in [1.82, 2.24) is 10.2 Å². The molecular formula is C24H37IN4O3. The molecule has 1 unspecified atom stereocenters. The quantitative estimate of drug-likeness (QED) is 0.319. The van der Waals surface area contributed by atoms with E-state index in [1.165, 1.54) is 18.4 Å². The molecule has 0 radical (unpaired) electrons. The van der Waals surface area contributed by atoms with Gasteiger partial charge in [0.05, 0.1) is 6.54 Å². The Bertz CT molecular complexity index is 810. The maximum Gasteiger partial charge on any atom is 0.217 e. The van der Waals surface area contributed by atoms with E-state index in [-0.39, 0.29) is 35.3 Å². The fourth-order valence-electron chi connectivity index (χ4n) is 5.32. The number of fused-ring (bicyclic) bond motifs is 1. The average molecular weight is 556 g/mol. The first-order chi connectivity index (χ1) is 15.1. The van der Waals surface area contributed by atoms with Crippen LogP contribution in [0.25, 0.3) is 0 Å². The van der Waals surface area contributed by atoms with Gasteiger partial charge in [-0.15, -0.1) is 24.0 Å². The highest BCUT2D eigenvalue weighted by atomic mass is 127. The molecule has 1 saturated heterocycles. The van der Waals surface area contributed by atoms with Crippen LogP contribution in [0.2, 0.25) is 0 Å². The molecule has 3 aliphatic rings. The molecule has 32 heavy (non-hydrogen) atoms. The second-order valence-electron chi connectivity index (χ2n) is 9.14. The standard InChI is InChI=1S/C24H36N4O3.HI/c1-2-26-23(28-11-5-6-18(16-28)14-22(25)29)27-17-24(9-3-4-10-24)19-7-8-20-21(15-19)31-13-12-30-20;/h7-8,15,18H,2-6,9-14,16-17H2,1H3,(H2,25,29)(H,26,27);1H. The van der Waals surface area contributed by atoms with E-state index < -0.39 is 0 Å². The van der Waals surface area contributed by atoms with Gasteiger partial charge in [-0.25, -0.2) is 0 Å². The van der Waals surface area contributed by atoms with Crippen LogP contribution >= 0.6 is 24.0 Å². The number of ether oxygens (including phenoxy) is 2. The van der Waals surface area contributed by atoms with Gasteiger partial charge in [0.15, 0.2) is 17.5 Å². The zero-order chi connectivity index (χ0) is 21.7. The number of aliphatic imine (C=N–C) groups is 1. The van der Waals surface area contributed by atoms with E-state index in [9.17, 15) is 4.79 Å². The number of halogens is 1. The van der Waals surface area contributed by atoms with Crippen molar-refractivity contribution < 1.29 is 14.3 Å². The van der Waals surface area contributed by atoms with E-state index >= 15 is 0 Å². The number of nitrogens with zero attached hydrogens (tertiary/aromatic N) is 2. The number of nitrogens with two attached hydrogens (primary N) is 1. The molecule has 4 rings (SSSR count). The number of likely N-dealkylation sites (tertiary alicyclic amines) is 1. The first-order valence-corrected chi connectivity index (χ1v) is 11.8. The van der Waals surface area contributed by atoms with Gasteiger partial charge in [-0.3, -0.25) is 9.79 Å². The topological polar surface area (TPSA) is 89.2 Å². The van der Waals surface area contributed by atoms with Gasteiger partial charge in [-0.1, -0.05) is 18.9 Å². The molecule has 2 heterocycles. The van der Waals surface area contributed by atoms with E-state index in [4.69, 9.17) is 20.2 Å². The smallest absolute Gasteiger partial charge is 0.217 e. The van der Waals surface area contributed by atoms with Gasteiger partial charge in [-0.05, 0) is 56.2 Å². The minimum atomic E-state index is -0.211. The van der Waals surface area contributed by atoms with Crippen molar-refractivity contribution in [2.75, 3.05) is 39.4 Å². The van der Waals surface area contributed by atoms with E-state index in [0.29, 0.717) is 25.6 Å². The largest absolute Gasteiger partial charge is 0.486 e. The molecule has 7 nitrogen and oxygen atoms in total. The van der Waals surface area contributed by atoms with Crippen molar-refractivity contribution in [3.8, 4) is 11.5 Å². The lowest BCUT2D eigenvalue weighted by Crippen LogP contribution is -2.47. The van der Waals surface area contributed by atoms with Gasteiger partial charge < -0.3 is 25.4 Å². The van der Waals surface area contributed by atoms with Crippen molar-refractivity contribution in [3.05, 3.63) is 23.8 Å². The van der Waals surface area contributed by atoms with Gasteiger partial charge >= 0.3 is 0 Å². The lowest BCUT2D eigenvalue weighted by Gasteiger charge is -2.36. The zero-order valence-electron chi connectivity index (χ0n) is 19.1. The molecule has 178 valence electrons. The molecular weight excluding hydrogens is 519 g/mol. The Morgan fingerprint density at radius 1 is 1.22 bits per heavy atom. The Labute approximate surface area is 208 Å². The van der Waals surface area contributed by atoms with Crippen LogP contribution in [0.15, 0.2) is 23.2 Å². The lowest BCUT2D eigenvalue weighted by molar-refractivity contribution is -0.119. The van der Waals surface area contributed by atoms with E-state index in [0.717, 1.165) is 69.3 Å². The predicted octanol–water partition coefficient (Wildman–Crippen LogP) is 3.44. The molecule has 1 aliphatic carbocycles. The van der Waals surface area contributed by atoms with Crippen molar-refractivity contribution in [2.45, 2.75) is 57.3 Å². The minimum absolute atomic E-state index is 0. The second kappa shape index (κ2) is 11.4. The summed E-state index contributed by atoms with van der Waals surface area (Å²) in [7, 11) is 0. The molecule has 1 amide bonds. The first kappa shape index (κ1) is 24.9. The number of carbonyl (C=O) groups excluding carboxylic acids is 1. The number of primary amides is 1. The number of hydrogen-bond acceptors (Lipinski definition) is 4. The summed E-state index contributed by atoms with van der Waals surface area (Å²) >= 11 is 0. The molecule has 1 aromatic carbocycles. The molecule has 3 N–H and O–H groups in total. The normalized spacial score (nSPS) is 22.2. The van der Waals surface area contributed by atoms with Crippen molar-refractivity contribution in [3.63, 3.8) is 0 Å². The summed E-state index contributed by atoms with van der Waals surface area (Å²) in [5, 5.41) is 3.48. The van der Waals surface area contributed by atoms with E-state index in [2.05, 4.69) is 35.3 Å². The van der Waals surface area contributed by atoms with Gasteiger partial charge in [0.1, 0.15) is 13.2 Å². The highest BCUT2D eigenvalue weighted by Crippen LogP contribution is 2.44. The minimum Gasteiger partial charge on any atom is -0.486 e. The molecule has 0 bridgehead atoms. The highest BCUT2D eigenvalue weighted by molar-refractivity contribution is 14.0. The third-order valence-electron chi connectivity index (χ3n) is 6.89. The molecule has 0 spiro atoms. The number of guanidine groups is 1. The Morgan fingerprint density at radius 3 is 2.69 bits per heavy atom. The average Bonchev–Trinajstić information content (AvgIpc) is 3.26. The summed E-state index contributed by atoms with van der Waals surface area (Å²) in [5.74, 6) is 2.76. The van der Waals surface area contributed by atoms with E-state index in [1.807, 2.05) is 0 Å². The summed E-state index contributed by atoms with van der Waals surface area (Å²) in [4.78, 5) is 18.9. The van der Waals surface area contributed by atoms with Gasteiger partial charge in [0, 0.05) is 31.5 Å². The number of nitrogens with one attached hydrogen (secondary N) is 1. The third kappa shape index (κ3) is 5.80. The monoisotopic (exact) mass is 556 g/mol. The van der Waals surface area contributed by atoms with Crippen LogP contribution in [-0.4, -0.2) is 56.2 Å². The summed E-state index contributed by atoms with van der Waals surface area (Å²) < 4.78 is 11.6. The van der Waals surface area contributed by atoms with Gasteiger partial charge in [-0.2, -0.15) is 0 Å². The van der Waals surface area contributed by atoms with Crippen molar-refractivity contribution >= 4 is 35.8 Å². The van der Waals surface area contributed by atoms with Crippen molar-refractivity contribution in [1.29, 1.82) is 0 Å². The highest BCUT2D eigenvalue weighted by Gasteiger charge is 2.37. The van der Waals surface area contributed by atoms with Crippen LogP contribution in [0.5, 0.6) is 11.5 Å². The molecule has 1 saturated carbocycles. The predicted molar refractivity (Wildman–Crippen MR) is 137 cm³/mol. The van der Waals surface area contributed by atoms with E-state index in [1.54, 1.807) is 0 Å². The van der Waals surface area contributed by atoms with Crippen LogP contribution in [0.3, 0.4) is 0 Å². The van der Waals surface area contributed by atoms with Gasteiger partial charge in [0.25, 0.3) is 0 Å². The Morgan fingerprint density at radius 2 is 1.97 bits per heavy atom. The number of hydrogen-bond donors (Lipinski definition) is 2. The number of amides is 1. The molecule has 1 atom stereocenters. The fraction of sp³-hybridized carbons (Fsp3) is 0.667. The first-order valence-electron chi connectivity index (χ1n) is 11.8. The fourth-order valence-corrected chi connectivity index (χ4v) is 5.32. The summed E-state index contributed by atoms with van der Waals surface area (Å²) in [6.45, 7) is 6.71. The van der Waals surface area contributed by atoms with Crippen LogP contribution in [0.1, 0.15) is 57.4 Å². The number of benzene rings is 1. The lowest BCUT2D eigenvalue weighted by atomic mass is 9.78. The maximum absolute atomic E-state index is 11.4. The van der Waals surface area contributed by atoms with Crippen LogP contribution in [0, 0.1) is 5.92 Å². The summed E-state index contributed by atoms with van der Waals surface area (Å²) in [5.41, 5.74) is 6.80. The van der Waals surface area contributed by atoms with Crippen LogP contribution < -0.4 is 20.5 Å². The second-order valence-corrected chi connectivity index (χ2v) is 9.14. The Hall–Kier alpha value is -1.71. The summed E-state index contributed by atoms with van der Waals surface area (Å²) in [6, 6.07) is 6.43. The Kier molecular flexibility index (Phi) is 8.90. The van der Waals surface area contributed by atoms with Crippen LogP contribution in [-0.2, 0) is 10.2 Å². The Balaban J connectivity index is 0.00000289. The molecule has 1 aromatic rings. The number of piperidine rings is 1. The van der Waals surface area contributed by atoms with Gasteiger partial charge in [0.2, 0.25) is 5.91 Å². The molecule has 2 fully saturated rings. The van der Waals surface area contributed by atoms with Crippen molar-refractivity contribution in [2.24, 2.45) is 16.6 Å². The maximum atomic E-state index is 11.4. The molecule has 0 aromatic heterocycles. The summed E-state index contributed by atoms with van der Waals surface area (Å²) in [6.07, 6.45) is 7.31. The third-order valence-corrected chi connectivity index (χ3v) is 6.89. The SMILES string of the molecule is CCNC(=NCC1(c2ccc3c(c2)OCCO3)CCCC1)N1CCCC(CC(N)=O)C1.I. The number of rotatable bonds is 6. The van der Waals surface area contributed by atoms with Crippen LogP contribution in [0.4, 0.5) is 0 Å². The molecule has 8 heteroatoms. The zero-order valence-corrected chi connectivity index (χ0v) is 21.4. The number of carbonyl (C=O) groups is 1. The molecule has 2 aliphatic heterocycles.